The zero-order valence-electron chi connectivity index (χ0n) is 12.0. The van der Waals surface area contributed by atoms with Crippen LogP contribution < -0.4 is 5.32 Å². The Morgan fingerprint density at radius 1 is 1.11 bits per heavy atom. The first-order chi connectivity index (χ1) is 9.20. The maximum Gasteiger partial charge on any atom is 0.0991 e. The van der Waals surface area contributed by atoms with Crippen molar-refractivity contribution in [1.82, 2.24) is 5.32 Å². The maximum absolute atomic E-state index is 8.82. The Hall–Kier alpha value is -1.33. The van der Waals surface area contributed by atoms with Gasteiger partial charge in [-0.25, -0.2) is 0 Å². The predicted octanol–water partition coefficient (Wildman–Crippen LogP) is 4.18. The molecule has 1 aromatic rings. The first kappa shape index (κ1) is 14.1. The number of nitriles is 1. The fourth-order valence-corrected chi connectivity index (χ4v) is 3.11. The molecule has 2 atom stereocenters. The molecule has 0 saturated heterocycles. The van der Waals surface area contributed by atoms with E-state index in [-0.39, 0.29) is 0 Å². The third kappa shape index (κ3) is 3.81. The molecule has 0 radical (unpaired) electrons. The van der Waals surface area contributed by atoms with Gasteiger partial charge in [0, 0.05) is 12.1 Å². The summed E-state index contributed by atoms with van der Waals surface area (Å²) in [6.07, 6.45) is 6.93. The van der Waals surface area contributed by atoms with Gasteiger partial charge in [0.2, 0.25) is 0 Å². The molecule has 19 heavy (non-hydrogen) atoms. The second kappa shape index (κ2) is 6.73. The van der Waals surface area contributed by atoms with Gasteiger partial charge in [-0.3, -0.25) is 0 Å². The molecule has 2 rings (SSSR count). The van der Waals surface area contributed by atoms with E-state index in [0.29, 0.717) is 12.1 Å². The fraction of sp³-hybridized carbons (Fsp3) is 0.588. The van der Waals surface area contributed by atoms with Crippen LogP contribution in [0.2, 0.25) is 0 Å². The number of benzene rings is 1. The Morgan fingerprint density at radius 2 is 1.74 bits per heavy atom. The highest BCUT2D eigenvalue weighted by atomic mass is 14.9. The molecule has 0 aromatic heterocycles. The minimum Gasteiger partial charge on any atom is -0.307 e. The summed E-state index contributed by atoms with van der Waals surface area (Å²) < 4.78 is 0. The van der Waals surface area contributed by atoms with Crippen LogP contribution in [0.3, 0.4) is 0 Å². The Balaban J connectivity index is 1.91. The highest BCUT2D eigenvalue weighted by Gasteiger charge is 2.21. The van der Waals surface area contributed by atoms with Crippen LogP contribution in [0.5, 0.6) is 0 Å². The summed E-state index contributed by atoms with van der Waals surface area (Å²) in [4.78, 5) is 0. The van der Waals surface area contributed by atoms with Crippen molar-refractivity contribution in [1.29, 1.82) is 5.26 Å². The molecule has 0 bridgehead atoms. The van der Waals surface area contributed by atoms with Crippen LogP contribution in [0.15, 0.2) is 24.3 Å². The monoisotopic (exact) mass is 256 g/mol. The van der Waals surface area contributed by atoms with Crippen LogP contribution >= 0.6 is 0 Å². The molecule has 1 N–H and O–H groups in total. The number of nitrogens with one attached hydrogen (secondary N) is 1. The quantitative estimate of drug-likeness (QED) is 0.877. The third-order valence-corrected chi connectivity index (χ3v) is 4.41. The van der Waals surface area contributed by atoms with E-state index in [2.05, 4.69) is 37.4 Å². The molecule has 0 aliphatic heterocycles. The second-order valence-electron chi connectivity index (χ2n) is 5.81. The van der Waals surface area contributed by atoms with Crippen molar-refractivity contribution < 1.29 is 0 Å². The fourth-order valence-electron chi connectivity index (χ4n) is 3.11. The molecule has 1 aliphatic rings. The molecule has 2 nitrogen and oxygen atoms in total. The molecule has 1 aliphatic carbocycles. The van der Waals surface area contributed by atoms with E-state index in [9.17, 15) is 0 Å². The Labute approximate surface area is 116 Å². The molecular weight excluding hydrogens is 232 g/mol. The van der Waals surface area contributed by atoms with Gasteiger partial charge in [-0.2, -0.15) is 5.26 Å². The standard InChI is InChI=1S/C17H24N2/c1-13(16-6-4-3-5-7-16)19-14(2)17-10-8-15(12-18)9-11-17/h8-11,13-14,16,19H,3-7H2,1-2H3. The summed E-state index contributed by atoms with van der Waals surface area (Å²) in [5, 5.41) is 12.5. The Bertz CT molecular complexity index is 424. The van der Waals surface area contributed by atoms with Gasteiger partial charge in [0.05, 0.1) is 11.6 Å². The predicted molar refractivity (Wildman–Crippen MR) is 78.7 cm³/mol. The van der Waals surface area contributed by atoms with E-state index in [1.807, 2.05) is 12.1 Å². The minimum atomic E-state index is 0.352. The number of nitrogens with zero attached hydrogens (tertiary/aromatic N) is 1. The number of rotatable bonds is 4. The molecule has 0 spiro atoms. The van der Waals surface area contributed by atoms with Gasteiger partial charge in [0.25, 0.3) is 0 Å². The average molecular weight is 256 g/mol. The summed E-state index contributed by atoms with van der Waals surface area (Å²) in [5.41, 5.74) is 2.00. The van der Waals surface area contributed by atoms with Crippen LogP contribution in [-0.2, 0) is 0 Å². The highest BCUT2D eigenvalue weighted by Crippen LogP contribution is 2.27. The van der Waals surface area contributed by atoms with Gasteiger partial charge in [0.1, 0.15) is 0 Å². The SMILES string of the molecule is CC(NC(C)C1CCCCC1)c1ccc(C#N)cc1. The average Bonchev–Trinajstić information content (AvgIpc) is 2.48. The van der Waals surface area contributed by atoms with Gasteiger partial charge < -0.3 is 5.32 Å². The van der Waals surface area contributed by atoms with E-state index >= 15 is 0 Å². The van der Waals surface area contributed by atoms with E-state index in [0.717, 1.165) is 11.5 Å². The summed E-state index contributed by atoms with van der Waals surface area (Å²) >= 11 is 0. The van der Waals surface area contributed by atoms with E-state index < -0.39 is 0 Å². The van der Waals surface area contributed by atoms with Crippen LogP contribution in [0, 0.1) is 17.2 Å². The highest BCUT2D eigenvalue weighted by molar-refractivity contribution is 5.32. The van der Waals surface area contributed by atoms with Gasteiger partial charge in [0.15, 0.2) is 0 Å². The molecular formula is C17H24N2. The largest absolute Gasteiger partial charge is 0.307 e. The summed E-state index contributed by atoms with van der Waals surface area (Å²) in [6.45, 7) is 4.52. The van der Waals surface area contributed by atoms with E-state index in [1.54, 1.807) is 0 Å². The van der Waals surface area contributed by atoms with E-state index in [4.69, 9.17) is 5.26 Å². The lowest BCUT2D eigenvalue weighted by Crippen LogP contribution is -2.36. The van der Waals surface area contributed by atoms with Crippen molar-refractivity contribution in [2.45, 2.75) is 58.0 Å². The lowest BCUT2D eigenvalue weighted by atomic mass is 9.84. The minimum absolute atomic E-state index is 0.352. The van der Waals surface area contributed by atoms with Crippen molar-refractivity contribution >= 4 is 0 Å². The van der Waals surface area contributed by atoms with Crippen molar-refractivity contribution in [2.75, 3.05) is 0 Å². The third-order valence-electron chi connectivity index (χ3n) is 4.41. The number of hydrogen-bond acceptors (Lipinski definition) is 2. The van der Waals surface area contributed by atoms with Gasteiger partial charge in [-0.05, 0) is 50.3 Å². The molecule has 2 heteroatoms. The van der Waals surface area contributed by atoms with Crippen LogP contribution in [0.4, 0.5) is 0 Å². The second-order valence-corrected chi connectivity index (χ2v) is 5.81. The molecule has 1 saturated carbocycles. The lowest BCUT2D eigenvalue weighted by molar-refractivity contribution is 0.268. The molecule has 1 aromatic carbocycles. The summed E-state index contributed by atoms with van der Waals surface area (Å²) in [6, 6.07) is 11.0. The topological polar surface area (TPSA) is 35.8 Å². The normalized spacial score (nSPS) is 19.6. The first-order valence-electron chi connectivity index (χ1n) is 7.47. The lowest BCUT2D eigenvalue weighted by Gasteiger charge is -2.30. The van der Waals surface area contributed by atoms with Gasteiger partial charge >= 0.3 is 0 Å². The smallest absolute Gasteiger partial charge is 0.0991 e. The zero-order chi connectivity index (χ0) is 13.7. The molecule has 0 heterocycles. The van der Waals surface area contributed by atoms with Crippen molar-refractivity contribution in [3.8, 4) is 6.07 Å². The first-order valence-corrected chi connectivity index (χ1v) is 7.47. The zero-order valence-corrected chi connectivity index (χ0v) is 12.0. The Kier molecular flexibility index (Phi) is 4.99. The van der Waals surface area contributed by atoms with Crippen LogP contribution in [0.25, 0.3) is 0 Å². The molecule has 102 valence electrons. The van der Waals surface area contributed by atoms with Crippen molar-refractivity contribution in [3.63, 3.8) is 0 Å². The molecule has 1 fully saturated rings. The van der Waals surface area contributed by atoms with E-state index in [1.165, 1.54) is 37.7 Å². The summed E-state index contributed by atoms with van der Waals surface area (Å²) in [7, 11) is 0. The van der Waals surface area contributed by atoms with Crippen molar-refractivity contribution in [3.05, 3.63) is 35.4 Å². The maximum atomic E-state index is 8.82. The van der Waals surface area contributed by atoms with Crippen LogP contribution in [-0.4, -0.2) is 6.04 Å². The Morgan fingerprint density at radius 3 is 2.32 bits per heavy atom. The molecule has 0 amide bonds. The van der Waals surface area contributed by atoms with Crippen molar-refractivity contribution in [2.24, 2.45) is 5.92 Å². The molecule has 2 unspecified atom stereocenters. The number of hydrogen-bond donors (Lipinski definition) is 1. The van der Waals surface area contributed by atoms with Crippen LogP contribution in [0.1, 0.15) is 63.1 Å². The van der Waals surface area contributed by atoms with Gasteiger partial charge in [-0.1, -0.05) is 31.4 Å². The summed E-state index contributed by atoms with van der Waals surface area (Å²) in [5.74, 6) is 0.828. The van der Waals surface area contributed by atoms with Gasteiger partial charge in [-0.15, -0.1) is 0 Å².